The van der Waals surface area contributed by atoms with Gasteiger partial charge in [0.1, 0.15) is 4.88 Å². The van der Waals surface area contributed by atoms with E-state index >= 15 is 0 Å². The lowest BCUT2D eigenvalue weighted by atomic mass is 10.1. The van der Waals surface area contributed by atoms with Crippen LogP contribution in [-0.2, 0) is 4.74 Å². The number of hydrogen-bond acceptors (Lipinski definition) is 4. The lowest BCUT2D eigenvalue weighted by Gasteiger charge is -2.26. The highest BCUT2D eigenvalue weighted by molar-refractivity contribution is 7.11. The van der Waals surface area contributed by atoms with Crippen LogP contribution in [0.1, 0.15) is 9.67 Å². The van der Waals surface area contributed by atoms with Gasteiger partial charge in [0, 0.05) is 19.0 Å². The van der Waals surface area contributed by atoms with Crippen LogP contribution in [0.5, 0.6) is 0 Å². The molecule has 1 aliphatic heterocycles. The Balaban J connectivity index is 1.78. The predicted molar refractivity (Wildman–Crippen MR) is 51.0 cm³/mol. The van der Waals surface area contributed by atoms with Crippen LogP contribution < -0.4 is 5.32 Å². The van der Waals surface area contributed by atoms with Crippen molar-refractivity contribution in [2.24, 2.45) is 5.92 Å². The van der Waals surface area contributed by atoms with Crippen LogP contribution in [0.2, 0.25) is 0 Å². The lowest BCUT2D eigenvalue weighted by Crippen LogP contribution is -2.44. The molecule has 1 aromatic heterocycles. The maximum atomic E-state index is 11.3. The monoisotopic (exact) mass is 197 g/mol. The number of thiophene rings is 1. The van der Waals surface area contributed by atoms with Crippen molar-refractivity contribution in [3.63, 3.8) is 0 Å². The number of carbonyl (C=O) groups excluding carboxylic acids is 1. The molecule has 1 N–H and O–H groups in total. The Kier molecular flexibility index (Phi) is 2.61. The Bertz CT molecular complexity index is 280. The first kappa shape index (κ1) is 8.72. The summed E-state index contributed by atoms with van der Waals surface area (Å²) in [5.74, 6) is 0.325. The van der Waals surface area contributed by atoms with E-state index in [2.05, 4.69) is 5.32 Å². The molecule has 4 heteroatoms. The molecule has 0 unspecified atom stereocenters. The van der Waals surface area contributed by atoms with Gasteiger partial charge in [-0.2, -0.15) is 0 Å². The van der Waals surface area contributed by atoms with Gasteiger partial charge in [0.2, 0.25) is 0 Å². The second-order valence-electron chi connectivity index (χ2n) is 3.10. The maximum absolute atomic E-state index is 11.3. The summed E-state index contributed by atoms with van der Waals surface area (Å²) in [7, 11) is 0. The van der Waals surface area contributed by atoms with Crippen molar-refractivity contribution in [2.45, 2.75) is 0 Å². The van der Waals surface area contributed by atoms with Gasteiger partial charge in [-0.25, -0.2) is 4.79 Å². The maximum Gasteiger partial charge on any atom is 0.348 e. The molecular formula is C9H11NO2S. The van der Waals surface area contributed by atoms with Crippen molar-refractivity contribution in [3.05, 3.63) is 22.4 Å². The zero-order valence-corrected chi connectivity index (χ0v) is 7.97. The van der Waals surface area contributed by atoms with E-state index in [0.29, 0.717) is 17.4 Å². The summed E-state index contributed by atoms with van der Waals surface area (Å²) in [4.78, 5) is 12.0. The quantitative estimate of drug-likeness (QED) is 0.738. The largest absolute Gasteiger partial charge is 0.461 e. The Morgan fingerprint density at radius 3 is 3.08 bits per heavy atom. The second kappa shape index (κ2) is 3.89. The molecule has 1 saturated heterocycles. The number of ether oxygens (including phenoxy) is 1. The fourth-order valence-corrected chi connectivity index (χ4v) is 1.74. The van der Waals surface area contributed by atoms with Gasteiger partial charge in [0.15, 0.2) is 0 Å². The SMILES string of the molecule is O=C(OCC1CNC1)c1cccs1. The van der Waals surface area contributed by atoms with Crippen molar-refractivity contribution >= 4 is 17.3 Å². The van der Waals surface area contributed by atoms with Gasteiger partial charge in [-0.3, -0.25) is 0 Å². The Labute approximate surface area is 80.7 Å². The molecule has 1 fully saturated rings. The fraction of sp³-hybridized carbons (Fsp3) is 0.444. The van der Waals surface area contributed by atoms with E-state index in [0.717, 1.165) is 13.1 Å². The van der Waals surface area contributed by atoms with Crippen LogP contribution in [0.25, 0.3) is 0 Å². The van der Waals surface area contributed by atoms with E-state index < -0.39 is 0 Å². The smallest absolute Gasteiger partial charge is 0.348 e. The molecule has 0 aromatic carbocycles. The van der Waals surface area contributed by atoms with E-state index in [-0.39, 0.29) is 5.97 Å². The van der Waals surface area contributed by atoms with Gasteiger partial charge in [-0.15, -0.1) is 11.3 Å². The Morgan fingerprint density at radius 1 is 1.69 bits per heavy atom. The van der Waals surface area contributed by atoms with Crippen molar-refractivity contribution in [1.82, 2.24) is 5.32 Å². The zero-order valence-electron chi connectivity index (χ0n) is 7.16. The Morgan fingerprint density at radius 2 is 2.54 bits per heavy atom. The summed E-state index contributed by atoms with van der Waals surface area (Å²) in [6, 6.07) is 3.64. The van der Waals surface area contributed by atoms with Crippen molar-refractivity contribution in [2.75, 3.05) is 19.7 Å². The molecule has 1 aliphatic rings. The molecule has 3 nitrogen and oxygen atoms in total. The van der Waals surface area contributed by atoms with E-state index in [4.69, 9.17) is 4.74 Å². The number of nitrogens with one attached hydrogen (secondary N) is 1. The number of rotatable bonds is 3. The first-order valence-corrected chi connectivity index (χ1v) is 5.15. The predicted octanol–water partition coefficient (Wildman–Crippen LogP) is 1.12. The highest BCUT2D eigenvalue weighted by atomic mass is 32.1. The van der Waals surface area contributed by atoms with E-state index in [1.54, 1.807) is 6.07 Å². The van der Waals surface area contributed by atoms with Gasteiger partial charge < -0.3 is 10.1 Å². The fourth-order valence-electron chi connectivity index (χ4n) is 1.13. The van der Waals surface area contributed by atoms with E-state index in [1.807, 2.05) is 11.4 Å². The summed E-state index contributed by atoms with van der Waals surface area (Å²) < 4.78 is 5.12. The molecule has 0 radical (unpaired) electrons. The molecule has 0 spiro atoms. The first-order valence-electron chi connectivity index (χ1n) is 4.27. The zero-order chi connectivity index (χ0) is 9.10. The molecule has 0 amide bonds. The standard InChI is InChI=1S/C9H11NO2S/c11-9(8-2-1-3-13-8)12-6-7-4-10-5-7/h1-3,7,10H,4-6H2. The summed E-state index contributed by atoms with van der Waals surface area (Å²) in [5.41, 5.74) is 0. The first-order chi connectivity index (χ1) is 6.36. The lowest BCUT2D eigenvalue weighted by molar-refractivity contribution is 0.0403. The van der Waals surface area contributed by atoms with Gasteiger partial charge in [-0.1, -0.05) is 6.07 Å². The molecule has 0 saturated carbocycles. The highest BCUT2D eigenvalue weighted by Gasteiger charge is 2.19. The third-order valence-corrected chi connectivity index (χ3v) is 2.89. The summed E-state index contributed by atoms with van der Waals surface area (Å²) in [6.07, 6.45) is 0. The van der Waals surface area contributed by atoms with E-state index in [9.17, 15) is 4.79 Å². The molecule has 0 bridgehead atoms. The minimum absolute atomic E-state index is 0.193. The minimum Gasteiger partial charge on any atom is -0.461 e. The average Bonchev–Trinajstić information content (AvgIpc) is 2.52. The number of esters is 1. The molecule has 0 atom stereocenters. The summed E-state index contributed by atoms with van der Waals surface area (Å²) >= 11 is 1.42. The van der Waals surface area contributed by atoms with Crippen LogP contribution in [0.4, 0.5) is 0 Å². The number of hydrogen-bond donors (Lipinski definition) is 1. The third kappa shape index (κ3) is 2.08. The molecule has 0 aliphatic carbocycles. The molecule has 13 heavy (non-hydrogen) atoms. The van der Waals surface area contributed by atoms with Crippen LogP contribution in [0.3, 0.4) is 0 Å². The van der Waals surface area contributed by atoms with Crippen molar-refractivity contribution < 1.29 is 9.53 Å². The minimum atomic E-state index is -0.193. The van der Waals surface area contributed by atoms with Crippen molar-refractivity contribution in [3.8, 4) is 0 Å². The topological polar surface area (TPSA) is 38.3 Å². The second-order valence-corrected chi connectivity index (χ2v) is 4.05. The molecular weight excluding hydrogens is 186 g/mol. The average molecular weight is 197 g/mol. The van der Waals surface area contributed by atoms with Crippen LogP contribution >= 0.6 is 11.3 Å². The normalized spacial score (nSPS) is 16.6. The summed E-state index contributed by atoms with van der Waals surface area (Å²) in [6.45, 7) is 2.49. The summed E-state index contributed by atoms with van der Waals surface area (Å²) in [5, 5.41) is 5.01. The highest BCUT2D eigenvalue weighted by Crippen LogP contribution is 2.11. The van der Waals surface area contributed by atoms with E-state index in [1.165, 1.54) is 11.3 Å². The number of carbonyl (C=O) groups is 1. The molecule has 70 valence electrons. The molecule has 1 aromatic rings. The van der Waals surface area contributed by atoms with Gasteiger partial charge in [-0.05, 0) is 11.4 Å². The van der Waals surface area contributed by atoms with Crippen molar-refractivity contribution in [1.29, 1.82) is 0 Å². The third-order valence-electron chi connectivity index (χ3n) is 2.04. The van der Waals surface area contributed by atoms with Gasteiger partial charge >= 0.3 is 5.97 Å². The Hall–Kier alpha value is -0.870. The van der Waals surface area contributed by atoms with Crippen LogP contribution in [0.15, 0.2) is 17.5 Å². The molecule has 2 rings (SSSR count). The van der Waals surface area contributed by atoms with Gasteiger partial charge in [0.05, 0.1) is 6.61 Å². The van der Waals surface area contributed by atoms with Gasteiger partial charge in [0.25, 0.3) is 0 Å². The van der Waals surface area contributed by atoms with Crippen LogP contribution in [0, 0.1) is 5.92 Å². The van der Waals surface area contributed by atoms with Crippen LogP contribution in [-0.4, -0.2) is 25.7 Å². The molecule has 2 heterocycles.